The van der Waals surface area contributed by atoms with Crippen molar-refractivity contribution in [3.8, 4) is 11.4 Å². The van der Waals surface area contributed by atoms with Crippen LogP contribution in [-0.4, -0.2) is 32.7 Å². The lowest BCUT2D eigenvalue weighted by molar-refractivity contribution is 0.0984. The Morgan fingerprint density at radius 2 is 1.83 bits per heavy atom. The molecule has 2 aromatic carbocycles. The Hall–Kier alpha value is -3.54. The molecule has 0 atom stereocenters. The second-order valence-corrected chi connectivity index (χ2v) is 7.42. The van der Waals surface area contributed by atoms with Gasteiger partial charge in [-0.2, -0.15) is 5.10 Å². The van der Waals surface area contributed by atoms with E-state index in [0.29, 0.717) is 11.5 Å². The van der Waals surface area contributed by atoms with Crippen LogP contribution in [0.15, 0.2) is 48.8 Å². The molecule has 0 aliphatic carbocycles. The zero-order chi connectivity index (χ0) is 20.7. The van der Waals surface area contributed by atoms with E-state index in [-0.39, 0.29) is 5.91 Å². The number of aryl methyl sites for hydroxylation is 4. The molecule has 6 nitrogen and oxygen atoms in total. The van der Waals surface area contributed by atoms with Gasteiger partial charge in [-0.05, 0) is 62.2 Å². The van der Waals surface area contributed by atoms with E-state index in [4.69, 9.17) is 4.98 Å². The van der Waals surface area contributed by atoms with Crippen LogP contribution in [0.3, 0.4) is 0 Å². The number of benzene rings is 2. The molecule has 0 fully saturated rings. The molecule has 2 aromatic heterocycles. The van der Waals surface area contributed by atoms with Crippen molar-refractivity contribution >= 4 is 22.5 Å². The van der Waals surface area contributed by atoms with Crippen molar-refractivity contribution in [2.75, 3.05) is 11.9 Å². The lowest BCUT2D eigenvalue weighted by Crippen LogP contribution is -2.28. The maximum Gasteiger partial charge on any atom is 0.276 e. The first kappa shape index (κ1) is 18.8. The Morgan fingerprint density at radius 3 is 2.52 bits per heavy atom. The molecule has 0 aliphatic heterocycles. The van der Waals surface area contributed by atoms with E-state index in [1.165, 1.54) is 5.56 Å². The highest BCUT2D eigenvalue weighted by Crippen LogP contribution is 2.27. The fourth-order valence-electron chi connectivity index (χ4n) is 3.68. The molecule has 6 heteroatoms. The van der Waals surface area contributed by atoms with Crippen molar-refractivity contribution in [1.29, 1.82) is 0 Å². The van der Waals surface area contributed by atoms with Gasteiger partial charge in [0.25, 0.3) is 5.91 Å². The third kappa shape index (κ3) is 3.38. The van der Waals surface area contributed by atoms with Gasteiger partial charge in [0.15, 0.2) is 5.82 Å². The van der Waals surface area contributed by atoms with Gasteiger partial charge < -0.3 is 4.90 Å². The number of carbonyl (C=O) groups is 1. The molecular weight excluding hydrogens is 362 g/mol. The Bertz CT molecular complexity index is 1240. The molecule has 0 N–H and O–H groups in total. The standard InChI is InChI=1S/C23H23N5O/c1-14-10-16(3)21-18(11-14)13-24-22(26-21)17-6-7-19(15(2)12-17)27(4)23(29)20-8-9-25-28(20)5/h6-13H,1-5H3. The van der Waals surface area contributed by atoms with Crippen molar-refractivity contribution in [2.24, 2.45) is 7.05 Å². The zero-order valence-electron chi connectivity index (χ0n) is 17.3. The molecular formula is C23H23N5O. The Morgan fingerprint density at radius 1 is 1.03 bits per heavy atom. The first-order valence-corrected chi connectivity index (χ1v) is 9.46. The molecule has 0 unspecified atom stereocenters. The van der Waals surface area contributed by atoms with E-state index in [1.807, 2.05) is 31.3 Å². The van der Waals surface area contributed by atoms with Crippen molar-refractivity contribution in [3.05, 3.63) is 71.2 Å². The van der Waals surface area contributed by atoms with Gasteiger partial charge in [0, 0.05) is 43.1 Å². The van der Waals surface area contributed by atoms with Gasteiger partial charge in [-0.15, -0.1) is 0 Å². The molecule has 0 spiro atoms. The normalized spacial score (nSPS) is 11.1. The summed E-state index contributed by atoms with van der Waals surface area (Å²) in [6.45, 7) is 6.13. The third-order valence-electron chi connectivity index (χ3n) is 5.18. The predicted molar refractivity (Wildman–Crippen MR) is 115 cm³/mol. The number of hydrogen-bond acceptors (Lipinski definition) is 4. The van der Waals surface area contributed by atoms with Crippen LogP contribution in [0.25, 0.3) is 22.3 Å². The lowest BCUT2D eigenvalue weighted by Gasteiger charge is -2.20. The van der Waals surface area contributed by atoms with E-state index in [9.17, 15) is 4.79 Å². The highest BCUT2D eigenvalue weighted by Gasteiger charge is 2.18. The maximum absolute atomic E-state index is 12.8. The molecule has 0 radical (unpaired) electrons. The van der Waals surface area contributed by atoms with Gasteiger partial charge in [0.2, 0.25) is 0 Å². The fourth-order valence-corrected chi connectivity index (χ4v) is 3.68. The summed E-state index contributed by atoms with van der Waals surface area (Å²) in [6, 6.07) is 11.9. The van der Waals surface area contributed by atoms with E-state index < -0.39 is 0 Å². The summed E-state index contributed by atoms with van der Waals surface area (Å²) >= 11 is 0. The zero-order valence-corrected chi connectivity index (χ0v) is 17.3. The Balaban J connectivity index is 1.69. The van der Waals surface area contributed by atoms with Crippen LogP contribution in [0.2, 0.25) is 0 Å². The topological polar surface area (TPSA) is 63.9 Å². The summed E-state index contributed by atoms with van der Waals surface area (Å²) in [5.41, 5.74) is 6.59. The van der Waals surface area contributed by atoms with Gasteiger partial charge in [-0.25, -0.2) is 9.97 Å². The number of carbonyl (C=O) groups excluding carboxylic acids is 1. The van der Waals surface area contributed by atoms with Crippen LogP contribution >= 0.6 is 0 Å². The lowest BCUT2D eigenvalue weighted by atomic mass is 10.1. The fraction of sp³-hybridized carbons (Fsp3) is 0.217. The predicted octanol–water partition coefficient (Wildman–Crippen LogP) is 4.23. The molecule has 1 amide bonds. The minimum absolute atomic E-state index is 0.103. The molecule has 2 heterocycles. The summed E-state index contributed by atoms with van der Waals surface area (Å²) in [5.74, 6) is 0.577. The minimum atomic E-state index is -0.103. The van der Waals surface area contributed by atoms with Crippen molar-refractivity contribution < 1.29 is 4.79 Å². The highest BCUT2D eigenvalue weighted by molar-refractivity contribution is 6.05. The Kier molecular flexibility index (Phi) is 4.62. The van der Waals surface area contributed by atoms with Crippen molar-refractivity contribution in [3.63, 3.8) is 0 Å². The van der Waals surface area contributed by atoms with Crippen molar-refractivity contribution in [1.82, 2.24) is 19.7 Å². The van der Waals surface area contributed by atoms with E-state index in [1.54, 1.807) is 35.9 Å². The van der Waals surface area contributed by atoms with Crippen LogP contribution in [0.5, 0.6) is 0 Å². The van der Waals surface area contributed by atoms with Gasteiger partial charge in [-0.1, -0.05) is 11.6 Å². The minimum Gasteiger partial charge on any atom is -0.310 e. The summed E-state index contributed by atoms with van der Waals surface area (Å²) in [6.07, 6.45) is 3.50. The molecule has 146 valence electrons. The van der Waals surface area contributed by atoms with E-state index >= 15 is 0 Å². The van der Waals surface area contributed by atoms with Crippen molar-refractivity contribution in [2.45, 2.75) is 20.8 Å². The second-order valence-electron chi connectivity index (χ2n) is 7.42. The van der Waals surface area contributed by atoms with Gasteiger partial charge in [0.05, 0.1) is 5.52 Å². The summed E-state index contributed by atoms with van der Waals surface area (Å²) in [5, 5.41) is 5.12. The molecule has 4 rings (SSSR count). The number of fused-ring (bicyclic) bond motifs is 1. The maximum atomic E-state index is 12.8. The average Bonchev–Trinajstić information content (AvgIpc) is 3.12. The number of anilines is 1. The van der Waals surface area contributed by atoms with Crippen LogP contribution in [0.4, 0.5) is 5.69 Å². The average molecular weight is 385 g/mol. The second kappa shape index (κ2) is 7.13. The van der Waals surface area contributed by atoms with E-state index in [2.05, 4.69) is 36.1 Å². The largest absolute Gasteiger partial charge is 0.310 e. The third-order valence-corrected chi connectivity index (χ3v) is 5.18. The summed E-state index contributed by atoms with van der Waals surface area (Å²) < 4.78 is 1.58. The SMILES string of the molecule is Cc1cc(C)c2nc(-c3ccc(N(C)C(=O)c4ccnn4C)c(C)c3)ncc2c1. The van der Waals surface area contributed by atoms with Crippen LogP contribution in [-0.2, 0) is 7.05 Å². The number of amides is 1. The first-order valence-electron chi connectivity index (χ1n) is 9.46. The number of rotatable bonds is 3. The summed E-state index contributed by atoms with van der Waals surface area (Å²) in [4.78, 5) is 23.8. The first-order chi connectivity index (χ1) is 13.8. The van der Waals surface area contributed by atoms with Gasteiger partial charge in [0.1, 0.15) is 5.69 Å². The molecule has 0 aliphatic rings. The number of nitrogens with zero attached hydrogens (tertiary/aromatic N) is 5. The van der Waals surface area contributed by atoms with Crippen LogP contribution < -0.4 is 4.90 Å². The monoisotopic (exact) mass is 385 g/mol. The number of aromatic nitrogens is 4. The molecule has 4 aromatic rings. The summed E-state index contributed by atoms with van der Waals surface area (Å²) in [7, 11) is 3.53. The van der Waals surface area contributed by atoms with E-state index in [0.717, 1.165) is 33.3 Å². The molecule has 29 heavy (non-hydrogen) atoms. The van der Waals surface area contributed by atoms with Crippen LogP contribution in [0, 0.1) is 20.8 Å². The highest BCUT2D eigenvalue weighted by atomic mass is 16.2. The smallest absolute Gasteiger partial charge is 0.276 e. The quantitative estimate of drug-likeness (QED) is 0.529. The molecule has 0 bridgehead atoms. The van der Waals surface area contributed by atoms with Gasteiger partial charge in [-0.3, -0.25) is 9.48 Å². The molecule has 0 saturated carbocycles. The number of hydrogen-bond donors (Lipinski definition) is 0. The van der Waals surface area contributed by atoms with Crippen LogP contribution in [0.1, 0.15) is 27.2 Å². The van der Waals surface area contributed by atoms with Gasteiger partial charge >= 0.3 is 0 Å². The molecule has 0 saturated heterocycles. The Labute approximate surface area is 169 Å².